The average molecular weight is 227 g/mol. The molecule has 0 unspecified atom stereocenters. The first-order chi connectivity index (χ1) is 8.22. The van der Waals surface area contributed by atoms with Crippen molar-refractivity contribution >= 4 is 16.6 Å². The van der Waals surface area contributed by atoms with Crippen molar-refractivity contribution in [2.45, 2.75) is 19.8 Å². The summed E-state index contributed by atoms with van der Waals surface area (Å²) in [5.41, 5.74) is 3.58. The van der Waals surface area contributed by atoms with Gasteiger partial charge < -0.3 is 0 Å². The van der Waals surface area contributed by atoms with E-state index in [0.29, 0.717) is 0 Å². The fourth-order valence-electron chi connectivity index (χ4n) is 2.38. The molecule has 1 aliphatic rings. The molecule has 88 valence electrons. The molecule has 0 N–H and O–H groups in total. The minimum Gasteiger partial charge on any atom is -0.289 e. The number of fused-ring (bicyclic) bond motifs is 1. The number of rotatable bonds is 1. The van der Waals surface area contributed by atoms with Crippen LogP contribution in [0.4, 0.5) is 0 Å². The monoisotopic (exact) mass is 227 g/mol. The van der Waals surface area contributed by atoms with E-state index in [1.807, 2.05) is 11.7 Å². The van der Waals surface area contributed by atoms with Gasteiger partial charge in [-0.15, -0.1) is 0 Å². The van der Waals surface area contributed by atoms with E-state index < -0.39 is 0 Å². The van der Waals surface area contributed by atoms with E-state index >= 15 is 0 Å². The Kier molecular flexibility index (Phi) is 2.46. The van der Waals surface area contributed by atoms with Crippen molar-refractivity contribution in [3.05, 3.63) is 30.0 Å². The topological polar surface area (TPSA) is 30.2 Å². The fourth-order valence-corrected chi connectivity index (χ4v) is 2.38. The molecule has 0 saturated heterocycles. The maximum atomic E-state index is 4.68. The third-order valence-electron chi connectivity index (χ3n) is 3.42. The van der Waals surface area contributed by atoms with Crippen LogP contribution >= 0.6 is 0 Å². The van der Waals surface area contributed by atoms with Crippen LogP contribution in [0, 0.1) is 5.92 Å². The highest BCUT2D eigenvalue weighted by molar-refractivity contribution is 6.03. The van der Waals surface area contributed by atoms with Crippen LogP contribution in [0.1, 0.15) is 25.3 Å². The Morgan fingerprint density at radius 1 is 1.35 bits per heavy atom. The average Bonchev–Trinajstić information content (AvgIpc) is 2.69. The van der Waals surface area contributed by atoms with E-state index in [1.165, 1.54) is 23.1 Å². The SMILES string of the molecule is C[C@H]1CCC(c2ccc3nn(C)cc3c2)=NC1. The predicted molar refractivity (Wildman–Crippen MR) is 70.5 cm³/mol. The van der Waals surface area contributed by atoms with Crippen molar-refractivity contribution in [1.29, 1.82) is 0 Å². The Hall–Kier alpha value is -1.64. The molecule has 0 amide bonds. The molecule has 2 heterocycles. The molecular weight excluding hydrogens is 210 g/mol. The normalized spacial score (nSPS) is 20.6. The summed E-state index contributed by atoms with van der Waals surface area (Å²) in [6.07, 6.45) is 4.42. The maximum Gasteiger partial charge on any atom is 0.0923 e. The standard InChI is InChI=1S/C14H17N3/c1-10-3-5-13(15-8-10)11-4-6-14-12(7-11)9-17(2)16-14/h4,6-7,9-10H,3,5,8H2,1-2H3/t10-/m0/s1. The third-order valence-corrected chi connectivity index (χ3v) is 3.42. The number of hydrogen-bond donors (Lipinski definition) is 0. The molecule has 1 aliphatic heterocycles. The van der Waals surface area contributed by atoms with E-state index in [0.717, 1.165) is 24.4 Å². The van der Waals surface area contributed by atoms with Gasteiger partial charge in [0.05, 0.1) is 5.52 Å². The lowest BCUT2D eigenvalue weighted by atomic mass is 9.95. The van der Waals surface area contributed by atoms with Crippen molar-refractivity contribution in [3.63, 3.8) is 0 Å². The lowest BCUT2D eigenvalue weighted by molar-refractivity contribution is 0.538. The van der Waals surface area contributed by atoms with Gasteiger partial charge in [0.25, 0.3) is 0 Å². The minimum absolute atomic E-state index is 0.737. The van der Waals surface area contributed by atoms with E-state index in [4.69, 9.17) is 0 Å². The first kappa shape index (κ1) is 10.5. The van der Waals surface area contributed by atoms with Crippen LogP contribution < -0.4 is 0 Å². The summed E-state index contributed by atoms with van der Waals surface area (Å²) in [7, 11) is 1.96. The van der Waals surface area contributed by atoms with Crippen LogP contribution in [0.15, 0.2) is 29.4 Å². The summed E-state index contributed by atoms with van der Waals surface area (Å²) in [6, 6.07) is 6.44. The smallest absolute Gasteiger partial charge is 0.0923 e. The highest BCUT2D eigenvalue weighted by Crippen LogP contribution is 2.20. The van der Waals surface area contributed by atoms with Gasteiger partial charge in [0.1, 0.15) is 0 Å². The van der Waals surface area contributed by atoms with Crippen LogP contribution in [0.25, 0.3) is 10.9 Å². The highest BCUT2D eigenvalue weighted by Gasteiger charge is 2.13. The van der Waals surface area contributed by atoms with Crippen LogP contribution in [-0.2, 0) is 7.05 Å². The van der Waals surface area contributed by atoms with Crippen molar-refractivity contribution in [2.24, 2.45) is 18.0 Å². The van der Waals surface area contributed by atoms with Crippen molar-refractivity contribution in [2.75, 3.05) is 6.54 Å². The second-order valence-corrected chi connectivity index (χ2v) is 5.01. The summed E-state index contributed by atoms with van der Waals surface area (Å²) < 4.78 is 1.86. The molecule has 1 aromatic carbocycles. The molecule has 1 aromatic heterocycles. The zero-order valence-electron chi connectivity index (χ0n) is 10.3. The number of nitrogens with zero attached hydrogens (tertiary/aromatic N) is 3. The van der Waals surface area contributed by atoms with E-state index in [-0.39, 0.29) is 0 Å². The zero-order valence-corrected chi connectivity index (χ0v) is 10.3. The second-order valence-electron chi connectivity index (χ2n) is 5.01. The zero-order chi connectivity index (χ0) is 11.8. The van der Waals surface area contributed by atoms with Gasteiger partial charge in [0.15, 0.2) is 0 Å². The summed E-state index contributed by atoms with van der Waals surface area (Å²) in [5.74, 6) is 0.737. The summed E-state index contributed by atoms with van der Waals surface area (Å²) >= 11 is 0. The maximum absolute atomic E-state index is 4.68. The minimum atomic E-state index is 0.737. The second kappa shape index (κ2) is 3.99. The Bertz CT molecular complexity index is 580. The van der Waals surface area contributed by atoms with Crippen molar-refractivity contribution in [1.82, 2.24) is 9.78 Å². The number of aliphatic imine (C=N–C) groups is 1. The summed E-state index contributed by atoms with van der Waals surface area (Å²) in [5, 5.41) is 5.59. The van der Waals surface area contributed by atoms with E-state index in [9.17, 15) is 0 Å². The Labute approximate surface area is 101 Å². The summed E-state index contributed by atoms with van der Waals surface area (Å²) in [4.78, 5) is 4.68. The van der Waals surface area contributed by atoms with Crippen LogP contribution in [0.3, 0.4) is 0 Å². The fraction of sp³-hybridized carbons (Fsp3) is 0.429. The Morgan fingerprint density at radius 2 is 2.24 bits per heavy atom. The molecule has 3 rings (SSSR count). The molecular formula is C14H17N3. The van der Waals surface area contributed by atoms with Gasteiger partial charge in [-0.3, -0.25) is 9.67 Å². The van der Waals surface area contributed by atoms with Gasteiger partial charge in [-0.05, 0) is 36.5 Å². The molecule has 17 heavy (non-hydrogen) atoms. The van der Waals surface area contributed by atoms with Crippen LogP contribution in [-0.4, -0.2) is 22.0 Å². The number of aromatic nitrogens is 2. The molecule has 1 atom stereocenters. The molecule has 0 saturated carbocycles. The van der Waals surface area contributed by atoms with E-state index in [2.05, 4.69) is 41.4 Å². The van der Waals surface area contributed by atoms with Crippen molar-refractivity contribution < 1.29 is 0 Å². The van der Waals surface area contributed by atoms with Gasteiger partial charge in [0, 0.05) is 30.9 Å². The van der Waals surface area contributed by atoms with Crippen molar-refractivity contribution in [3.8, 4) is 0 Å². The predicted octanol–water partition coefficient (Wildman–Crippen LogP) is 2.79. The molecule has 0 bridgehead atoms. The van der Waals surface area contributed by atoms with Gasteiger partial charge in [-0.25, -0.2) is 0 Å². The molecule has 3 heteroatoms. The first-order valence-electron chi connectivity index (χ1n) is 6.19. The Balaban J connectivity index is 2.00. The molecule has 0 radical (unpaired) electrons. The van der Waals surface area contributed by atoms with Gasteiger partial charge in [-0.2, -0.15) is 5.10 Å². The largest absolute Gasteiger partial charge is 0.289 e. The third kappa shape index (κ3) is 1.97. The van der Waals surface area contributed by atoms with Gasteiger partial charge >= 0.3 is 0 Å². The molecule has 0 fully saturated rings. The van der Waals surface area contributed by atoms with Crippen LogP contribution in [0.5, 0.6) is 0 Å². The molecule has 0 aliphatic carbocycles. The lowest BCUT2D eigenvalue weighted by Crippen LogP contribution is -2.14. The Morgan fingerprint density at radius 3 is 3.00 bits per heavy atom. The summed E-state index contributed by atoms with van der Waals surface area (Å²) in [6.45, 7) is 3.24. The number of aryl methyl sites for hydroxylation is 1. The van der Waals surface area contributed by atoms with Gasteiger partial charge in [0.2, 0.25) is 0 Å². The number of hydrogen-bond acceptors (Lipinski definition) is 2. The molecule has 3 nitrogen and oxygen atoms in total. The van der Waals surface area contributed by atoms with Gasteiger partial charge in [-0.1, -0.05) is 13.0 Å². The molecule has 0 spiro atoms. The van der Waals surface area contributed by atoms with E-state index in [1.54, 1.807) is 0 Å². The number of benzene rings is 1. The quantitative estimate of drug-likeness (QED) is 0.736. The lowest BCUT2D eigenvalue weighted by Gasteiger charge is -2.17. The molecule has 2 aromatic rings. The first-order valence-corrected chi connectivity index (χ1v) is 6.19. The highest BCUT2D eigenvalue weighted by atomic mass is 15.2. The van der Waals surface area contributed by atoms with Crippen LogP contribution in [0.2, 0.25) is 0 Å².